The average Bonchev–Trinajstić information content (AvgIpc) is 2.75. The van der Waals surface area contributed by atoms with E-state index in [0.29, 0.717) is 15.6 Å². The molecule has 2 rings (SSSR count). The zero-order chi connectivity index (χ0) is 12.4. The first-order valence-corrected chi connectivity index (χ1v) is 6.04. The van der Waals surface area contributed by atoms with Gasteiger partial charge >= 0.3 is 0 Å². The van der Waals surface area contributed by atoms with Crippen LogP contribution in [0.5, 0.6) is 0 Å². The molecule has 0 aliphatic rings. The minimum atomic E-state index is 0.293. The molecule has 2 N–H and O–H groups in total. The normalized spacial score (nSPS) is 10.5. The molecule has 0 bridgehead atoms. The largest absolute Gasteiger partial charge is 0.389 e. The second-order valence-electron chi connectivity index (χ2n) is 3.57. The molecule has 0 amide bonds. The first-order chi connectivity index (χ1) is 8.15. The van der Waals surface area contributed by atoms with Gasteiger partial charge in [-0.15, -0.1) is 0 Å². The lowest BCUT2D eigenvalue weighted by Gasteiger charge is -2.12. The summed E-state index contributed by atoms with van der Waals surface area (Å²) in [6, 6.07) is 5.59. The quantitative estimate of drug-likeness (QED) is 0.868. The molecule has 0 aliphatic heterocycles. The monoisotopic (exact) mass is 265 g/mol. The molecule has 88 valence electrons. The van der Waals surface area contributed by atoms with Crippen LogP contribution in [0, 0.1) is 0 Å². The Morgan fingerprint density at radius 1 is 1.53 bits per heavy atom. The number of aromatic nitrogens is 2. The van der Waals surface area contributed by atoms with Gasteiger partial charge in [-0.25, -0.2) is 4.98 Å². The van der Waals surface area contributed by atoms with Crippen molar-refractivity contribution >= 4 is 28.8 Å². The lowest BCUT2D eigenvalue weighted by atomic mass is 10.1. The third-order valence-corrected chi connectivity index (χ3v) is 3.05. The molecule has 0 unspecified atom stereocenters. The van der Waals surface area contributed by atoms with Crippen molar-refractivity contribution in [1.82, 2.24) is 9.55 Å². The van der Waals surface area contributed by atoms with Gasteiger partial charge in [-0.2, -0.15) is 0 Å². The average molecular weight is 266 g/mol. The fourth-order valence-electron chi connectivity index (χ4n) is 1.77. The molecule has 17 heavy (non-hydrogen) atoms. The van der Waals surface area contributed by atoms with E-state index in [-0.39, 0.29) is 0 Å². The molecular formula is C12H12ClN3S. The maximum Gasteiger partial charge on any atom is 0.112 e. The molecule has 0 radical (unpaired) electrons. The van der Waals surface area contributed by atoms with E-state index in [4.69, 9.17) is 29.6 Å². The van der Waals surface area contributed by atoms with E-state index in [1.807, 2.05) is 29.8 Å². The first-order valence-electron chi connectivity index (χ1n) is 5.26. The van der Waals surface area contributed by atoms with Crippen molar-refractivity contribution < 1.29 is 0 Å². The van der Waals surface area contributed by atoms with Crippen LogP contribution in [0.25, 0.3) is 5.69 Å². The third-order valence-electron chi connectivity index (χ3n) is 2.53. The predicted molar refractivity (Wildman–Crippen MR) is 73.8 cm³/mol. The van der Waals surface area contributed by atoms with E-state index in [1.54, 1.807) is 12.3 Å². The van der Waals surface area contributed by atoms with Crippen molar-refractivity contribution in [3.63, 3.8) is 0 Å². The Bertz CT molecular complexity index is 563. The summed E-state index contributed by atoms with van der Waals surface area (Å²) < 4.78 is 1.96. The summed E-state index contributed by atoms with van der Waals surface area (Å²) in [6.45, 7) is 2.05. The van der Waals surface area contributed by atoms with Gasteiger partial charge in [-0.3, -0.25) is 0 Å². The minimum absolute atomic E-state index is 0.293. The van der Waals surface area contributed by atoms with Gasteiger partial charge < -0.3 is 10.3 Å². The van der Waals surface area contributed by atoms with Gasteiger partial charge in [0.25, 0.3) is 0 Å². The number of hydrogen-bond donors (Lipinski definition) is 1. The summed E-state index contributed by atoms with van der Waals surface area (Å²) >= 11 is 11.2. The molecule has 0 spiro atoms. The number of hydrogen-bond acceptors (Lipinski definition) is 2. The molecule has 5 heteroatoms. The number of benzene rings is 1. The Kier molecular flexibility index (Phi) is 3.45. The van der Waals surface area contributed by atoms with Gasteiger partial charge in [0, 0.05) is 18.8 Å². The van der Waals surface area contributed by atoms with Crippen molar-refractivity contribution in [3.8, 4) is 5.69 Å². The molecule has 2 aromatic rings. The van der Waals surface area contributed by atoms with Crippen molar-refractivity contribution in [2.24, 2.45) is 5.73 Å². The molecule has 1 aromatic carbocycles. The summed E-state index contributed by atoms with van der Waals surface area (Å²) in [5.41, 5.74) is 7.29. The van der Waals surface area contributed by atoms with Gasteiger partial charge in [0.2, 0.25) is 0 Å². The molecule has 1 aromatic heterocycles. The number of thiocarbonyl (C=S) groups is 1. The predicted octanol–water partition coefficient (Wildman–Crippen LogP) is 2.72. The number of halogens is 1. The van der Waals surface area contributed by atoms with Crippen LogP contribution >= 0.6 is 23.8 Å². The van der Waals surface area contributed by atoms with Gasteiger partial charge in [0.1, 0.15) is 10.8 Å². The minimum Gasteiger partial charge on any atom is -0.389 e. The standard InChI is InChI=1S/C12H12ClN3S/c1-2-10-15-6-7-16(10)9-5-3-4-8(13)11(9)12(14)17/h3-7H,2H2,1H3,(H2,14,17). The third kappa shape index (κ3) is 2.18. The number of imidazole rings is 1. The van der Waals surface area contributed by atoms with E-state index >= 15 is 0 Å². The summed E-state index contributed by atoms with van der Waals surface area (Å²) in [4.78, 5) is 4.57. The summed E-state index contributed by atoms with van der Waals surface area (Å²) in [5.74, 6) is 0.949. The molecule has 1 heterocycles. The van der Waals surface area contributed by atoms with Crippen molar-refractivity contribution in [1.29, 1.82) is 0 Å². The summed E-state index contributed by atoms with van der Waals surface area (Å²) in [5, 5.41) is 0.561. The fraction of sp³-hybridized carbons (Fsp3) is 0.167. The van der Waals surface area contributed by atoms with Gasteiger partial charge in [-0.1, -0.05) is 36.8 Å². The topological polar surface area (TPSA) is 43.8 Å². The van der Waals surface area contributed by atoms with E-state index in [1.165, 1.54) is 0 Å². The highest BCUT2D eigenvalue weighted by Gasteiger charge is 2.13. The van der Waals surface area contributed by atoms with Crippen molar-refractivity contribution in [2.75, 3.05) is 0 Å². The number of nitrogens with zero attached hydrogens (tertiary/aromatic N) is 2. The van der Waals surface area contributed by atoms with Crippen LogP contribution in [0.4, 0.5) is 0 Å². The number of aryl methyl sites for hydroxylation is 1. The Morgan fingerprint density at radius 2 is 2.29 bits per heavy atom. The molecule has 0 fully saturated rings. The SMILES string of the molecule is CCc1nccn1-c1cccc(Cl)c1C(N)=S. The second-order valence-corrected chi connectivity index (χ2v) is 4.41. The van der Waals surface area contributed by atoms with Crippen LogP contribution in [0.3, 0.4) is 0 Å². The maximum atomic E-state index is 6.14. The number of nitrogens with two attached hydrogens (primary N) is 1. The van der Waals surface area contributed by atoms with Crippen molar-refractivity contribution in [3.05, 3.63) is 47.0 Å². The highest BCUT2D eigenvalue weighted by molar-refractivity contribution is 7.80. The Labute approximate surface area is 110 Å². The number of rotatable bonds is 3. The zero-order valence-electron chi connectivity index (χ0n) is 9.35. The lowest BCUT2D eigenvalue weighted by Crippen LogP contribution is -2.14. The molecule has 0 saturated heterocycles. The van der Waals surface area contributed by atoms with E-state index in [0.717, 1.165) is 17.9 Å². The van der Waals surface area contributed by atoms with Crippen LogP contribution < -0.4 is 5.73 Å². The molecular weight excluding hydrogens is 254 g/mol. The van der Waals surface area contributed by atoms with Gasteiger partial charge in [0.05, 0.1) is 16.3 Å². The van der Waals surface area contributed by atoms with Crippen LogP contribution in [0.15, 0.2) is 30.6 Å². The van der Waals surface area contributed by atoms with E-state index < -0.39 is 0 Å². The van der Waals surface area contributed by atoms with E-state index in [9.17, 15) is 0 Å². The maximum absolute atomic E-state index is 6.14. The van der Waals surface area contributed by atoms with Crippen LogP contribution in [-0.4, -0.2) is 14.5 Å². The fourth-order valence-corrected chi connectivity index (χ4v) is 2.31. The van der Waals surface area contributed by atoms with Crippen LogP contribution in [0.2, 0.25) is 5.02 Å². The van der Waals surface area contributed by atoms with Crippen LogP contribution in [0.1, 0.15) is 18.3 Å². The highest BCUT2D eigenvalue weighted by atomic mass is 35.5. The Morgan fingerprint density at radius 3 is 2.94 bits per heavy atom. The highest BCUT2D eigenvalue weighted by Crippen LogP contribution is 2.24. The summed E-state index contributed by atoms with van der Waals surface area (Å²) in [6.07, 6.45) is 4.46. The molecule has 0 atom stereocenters. The van der Waals surface area contributed by atoms with Gasteiger partial charge in [-0.05, 0) is 12.1 Å². The van der Waals surface area contributed by atoms with Gasteiger partial charge in [0.15, 0.2) is 0 Å². The van der Waals surface area contributed by atoms with Crippen LogP contribution in [-0.2, 0) is 6.42 Å². The molecule has 0 saturated carbocycles. The Hall–Kier alpha value is -1.39. The Balaban J connectivity index is 2.67. The lowest BCUT2D eigenvalue weighted by molar-refractivity contribution is 0.890. The van der Waals surface area contributed by atoms with Crippen molar-refractivity contribution in [2.45, 2.75) is 13.3 Å². The first kappa shape index (κ1) is 12.1. The smallest absolute Gasteiger partial charge is 0.112 e. The molecule has 0 aliphatic carbocycles. The van der Waals surface area contributed by atoms with E-state index in [2.05, 4.69) is 4.98 Å². The second kappa shape index (κ2) is 4.85. The molecule has 3 nitrogen and oxygen atoms in total. The summed E-state index contributed by atoms with van der Waals surface area (Å²) in [7, 11) is 0. The zero-order valence-corrected chi connectivity index (χ0v) is 10.9.